The van der Waals surface area contributed by atoms with Crippen LogP contribution >= 0.6 is 0 Å². The van der Waals surface area contributed by atoms with Gasteiger partial charge < -0.3 is 0 Å². The van der Waals surface area contributed by atoms with Crippen LogP contribution in [0.1, 0.15) is 6.42 Å². The third-order valence-corrected chi connectivity index (χ3v) is 4.90. The van der Waals surface area contributed by atoms with Crippen molar-refractivity contribution in [3.05, 3.63) is 72.9 Å². The number of benzene rings is 2. The summed E-state index contributed by atoms with van der Waals surface area (Å²) in [6.45, 7) is 2.13. The van der Waals surface area contributed by atoms with Gasteiger partial charge in [-0.25, -0.2) is 0 Å². The van der Waals surface area contributed by atoms with E-state index in [0.29, 0.717) is 0 Å². The summed E-state index contributed by atoms with van der Waals surface area (Å²) < 4.78 is 4.90. The van der Waals surface area contributed by atoms with Gasteiger partial charge in [-0.2, -0.15) is 9.13 Å². The summed E-state index contributed by atoms with van der Waals surface area (Å²) in [6, 6.07) is 24.1. The maximum absolute atomic E-state index is 2.51. The standard InChI is InChI=1S/C21H18N2/c1-2-10-18-16(8-1)17-9-3-4-11-19(17)23-15-7-14-22-13-6-5-12-20(22)21(18)23/h1-6,8-13H,7,14-15H2/q+2. The number of hydrogen-bond acceptors (Lipinski definition) is 0. The lowest BCUT2D eigenvalue weighted by Gasteiger charge is -2.08. The SMILES string of the molecule is c1cc[n+]2c(c1)-c1c3ccccc3c3ccccc3[n+]1CCC2. The molecule has 110 valence electrons. The molecule has 0 bridgehead atoms. The van der Waals surface area contributed by atoms with Crippen LogP contribution in [0.2, 0.25) is 0 Å². The van der Waals surface area contributed by atoms with E-state index >= 15 is 0 Å². The van der Waals surface area contributed by atoms with Crippen LogP contribution < -0.4 is 9.13 Å². The van der Waals surface area contributed by atoms with Gasteiger partial charge in [-0.05, 0) is 18.2 Å². The Bertz CT molecular complexity index is 1050. The van der Waals surface area contributed by atoms with Crippen LogP contribution in [-0.2, 0) is 13.1 Å². The van der Waals surface area contributed by atoms with E-state index < -0.39 is 0 Å². The molecule has 23 heavy (non-hydrogen) atoms. The molecular formula is C21H18N2+2. The van der Waals surface area contributed by atoms with Gasteiger partial charge in [0.05, 0.1) is 17.2 Å². The van der Waals surface area contributed by atoms with Crippen molar-refractivity contribution in [2.75, 3.05) is 0 Å². The molecule has 0 spiro atoms. The Morgan fingerprint density at radius 3 is 2.30 bits per heavy atom. The van der Waals surface area contributed by atoms with E-state index in [0.717, 1.165) is 19.5 Å². The molecule has 0 radical (unpaired) electrons. The van der Waals surface area contributed by atoms with Gasteiger partial charge in [0.15, 0.2) is 19.3 Å². The Hall–Kier alpha value is -2.74. The molecule has 0 saturated carbocycles. The first-order valence-electron chi connectivity index (χ1n) is 8.25. The van der Waals surface area contributed by atoms with Crippen LogP contribution in [0.15, 0.2) is 72.9 Å². The van der Waals surface area contributed by atoms with E-state index in [1.165, 1.54) is 33.1 Å². The molecule has 3 heterocycles. The largest absolute Gasteiger partial charge is 0.285 e. The Balaban J connectivity index is 2.06. The zero-order valence-electron chi connectivity index (χ0n) is 12.9. The fourth-order valence-electron chi connectivity index (χ4n) is 3.92. The van der Waals surface area contributed by atoms with Crippen LogP contribution in [-0.4, -0.2) is 0 Å². The maximum Gasteiger partial charge on any atom is 0.285 e. The molecule has 2 heteroatoms. The van der Waals surface area contributed by atoms with Gasteiger partial charge in [0.2, 0.25) is 5.52 Å². The van der Waals surface area contributed by atoms with Crippen molar-refractivity contribution in [1.29, 1.82) is 0 Å². The van der Waals surface area contributed by atoms with Crippen molar-refractivity contribution in [2.24, 2.45) is 0 Å². The molecule has 1 aliphatic heterocycles. The van der Waals surface area contributed by atoms with Crippen molar-refractivity contribution >= 4 is 21.7 Å². The average molecular weight is 298 g/mol. The van der Waals surface area contributed by atoms with Gasteiger partial charge in [0.25, 0.3) is 11.4 Å². The number of pyridine rings is 2. The van der Waals surface area contributed by atoms with Gasteiger partial charge in [-0.15, -0.1) is 0 Å². The summed E-state index contributed by atoms with van der Waals surface area (Å²) in [4.78, 5) is 0. The molecule has 0 N–H and O–H groups in total. The quantitative estimate of drug-likeness (QED) is 0.346. The molecular weight excluding hydrogens is 280 g/mol. The normalized spacial score (nSPS) is 13.6. The third kappa shape index (κ3) is 1.81. The summed E-state index contributed by atoms with van der Waals surface area (Å²) in [7, 11) is 0. The van der Waals surface area contributed by atoms with Crippen LogP contribution in [0.5, 0.6) is 0 Å². The predicted molar refractivity (Wildman–Crippen MR) is 91.9 cm³/mol. The van der Waals surface area contributed by atoms with Gasteiger partial charge in [-0.3, -0.25) is 0 Å². The van der Waals surface area contributed by atoms with E-state index in [1.807, 2.05) is 0 Å². The Labute approximate surface area is 135 Å². The second kappa shape index (κ2) is 4.88. The van der Waals surface area contributed by atoms with Crippen LogP contribution in [0.25, 0.3) is 33.1 Å². The zero-order chi connectivity index (χ0) is 15.2. The molecule has 0 amide bonds. The predicted octanol–water partition coefficient (Wildman–Crippen LogP) is 3.64. The Morgan fingerprint density at radius 2 is 1.39 bits per heavy atom. The van der Waals surface area contributed by atoms with Gasteiger partial charge in [0, 0.05) is 23.6 Å². The van der Waals surface area contributed by atoms with Gasteiger partial charge in [0.1, 0.15) is 0 Å². The minimum absolute atomic E-state index is 1.06. The van der Waals surface area contributed by atoms with Crippen LogP contribution in [0, 0.1) is 0 Å². The monoisotopic (exact) mass is 298 g/mol. The summed E-state index contributed by atoms with van der Waals surface area (Å²) >= 11 is 0. The topological polar surface area (TPSA) is 7.76 Å². The number of para-hydroxylation sites is 1. The molecule has 0 atom stereocenters. The molecule has 0 aliphatic carbocycles. The summed E-state index contributed by atoms with van der Waals surface area (Å²) in [5.41, 5.74) is 3.99. The first-order chi connectivity index (χ1) is 11.4. The van der Waals surface area contributed by atoms with E-state index in [4.69, 9.17) is 0 Å². The number of nitrogens with zero attached hydrogens (tertiary/aromatic N) is 2. The fraction of sp³-hybridized carbons (Fsp3) is 0.143. The second-order valence-electron chi connectivity index (χ2n) is 6.20. The first kappa shape index (κ1) is 12.8. The molecule has 0 fully saturated rings. The first-order valence-corrected chi connectivity index (χ1v) is 8.25. The Kier molecular flexibility index (Phi) is 2.71. The van der Waals surface area contributed by atoms with Crippen molar-refractivity contribution < 1.29 is 9.13 Å². The minimum Gasteiger partial charge on any atom is -0.193 e. The third-order valence-electron chi connectivity index (χ3n) is 4.90. The lowest BCUT2D eigenvalue weighted by atomic mass is 10.0. The highest BCUT2D eigenvalue weighted by Gasteiger charge is 2.31. The smallest absolute Gasteiger partial charge is 0.193 e. The molecule has 2 aromatic heterocycles. The summed E-state index contributed by atoms with van der Waals surface area (Å²) in [5.74, 6) is 0. The molecule has 2 nitrogen and oxygen atoms in total. The molecule has 1 aliphatic rings. The highest BCUT2D eigenvalue weighted by molar-refractivity contribution is 6.08. The van der Waals surface area contributed by atoms with Gasteiger partial charge >= 0.3 is 0 Å². The van der Waals surface area contributed by atoms with Gasteiger partial charge in [-0.1, -0.05) is 30.3 Å². The maximum atomic E-state index is 2.51. The fourth-order valence-corrected chi connectivity index (χ4v) is 3.92. The molecule has 4 aromatic rings. The van der Waals surface area contributed by atoms with Crippen molar-refractivity contribution in [3.63, 3.8) is 0 Å². The summed E-state index contributed by atoms with van der Waals surface area (Å²) in [6.07, 6.45) is 3.36. The lowest BCUT2D eigenvalue weighted by molar-refractivity contribution is -0.686. The average Bonchev–Trinajstić information content (AvgIpc) is 2.82. The molecule has 5 rings (SSSR count). The highest BCUT2D eigenvalue weighted by atomic mass is 15.1. The number of aromatic nitrogens is 2. The number of fused-ring (bicyclic) bond motifs is 8. The van der Waals surface area contributed by atoms with Crippen LogP contribution in [0.4, 0.5) is 0 Å². The van der Waals surface area contributed by atoms with E-state index in [2.05, 4.69) is 82.1 Å². The second-order valence-corrected chi connectivity index (χ2v) is 6.20. The number of aryl methyl sites for hydroxylation is 2. The minimum atomic E-state index is 1.06. The van der Waals surface area contributed by atoms with Crippen molar-refractivity contribution in [3.8, 4) is 11.4 Å². The zero-order valence-corrected chi connectivity index (χ0v) is 12.9. The van der Waals surface area contributed by atoms with E-state index in [9.17, 15) is 0 Å². The molecule has 0 unspecified atom stereocenters. The summed E-state index contributed by atoms with van der Waals surface area (Å²) in [5, 5.41) is 4.02. The van der Waals surface area contributed by atoms with Crippen molar-refractivity contribution in [1.82, 2.24) is 0 Å². The number of rotatable bonds is 0. The van der Waals surface area contributed by atoms with E-state index in [1.54, 1.807) is 0 Å². The van der Waals surface area contributed by atoms with Crippen LogP contribution in [0.3, 0.4) is 0 Å². The number of hydrogen-bond donors (Lipinski definition) is 0. The Morgan fingerprint density at radius 1 is 0.652 bits per heavy atom. The van der Waals surface area contributed by atoms with E-state index in [-0.39, 0.29) is 0 Å². The highest BCUT2D eigenvalue weighted by Crippen LogP contribution is 2.30. The lowest BCUT2D eigenvalue weighted by Crippen LogP contribution is -2.38. The molecule has 0 saturated heterocycles. The molecule has 2 aromatic carbocycles. The van der Waals surface area contributed by atoms with Crippen molar-refractivity contribution in [2.45, 2.75) is 19.5 Å².